The number of rotatable bonds is 8. The van der Waals surface area contributed by atoms with Gasteiger partial charge in [-0.2, -0.15) is 5.10 Å². The van der Waals surface area contributed by atoms with E-state index in [1.54, 1.807) is 33.3 Å². The van der Waals surface area contributed by atoms with Gasteiger partial charge in [0.05, 0.1) is 40.0 Å². The highest BCUT2D eigenvalue weighted by atomic mass is 32.1. The second kappa shape index (κ2) is 11.1. The van der Waals surface area contributed by atoms with Crippen LogP contribution in [0.1, 0.15) is 61.9 Å². The number of pyridine rings is 1. The van der Waals surface area contributed by atoms with E-state index in [1.807, 2.05) is 49.7 Å². The Bertz CT molecular complexity index is 1540. The Labute approximate surface area is 225 Å². The second-order valence-corrected chi connectivity index (χ2v) is 10.1. The lowest BCUT2D eigenvalue weighted by molar-refractivity contribution is 0.0506. The summed E-state index contributed by atoms with van der Waals surface area (Å²) in [6.07, 6.45) is 2.40. The zero-order valence-electron chi connectivity index (χ0n) is 22.4. The summed E-state index contributed by atoms with van der Waals surface area (Å²) in [5.41, 5.74) is 4.14. The molecule has 3 heterocycles. The molecular weight excluding hydrogens is 502 g/mol. The molecule has 4 rings (SSSR count). The summed E-state index contributed by atoms with van der Waals surface area (Å²) in [6, 6.07) is 9.14. The normalized spacial score (nSPS) is 11.0. The second-order valence-electron chi connectivity index (χ2n) is 9.08. The van der Waals surface area contributed by atoms with E-state index in [2.05, 4.69) is 10.4 Å². The van der Waals surface area contributed by atoms with Gasteiger partial charge in [-0.3, -0.25) is 14.3 Å². The molecule has 0 aliphatic rings. The number of nitrogens with zero attached hydrogens (tertiary/aromatic N) is 4. The van der Waals surface area contributed by atoms with Crippen LogP contribution in [0.4, 0.5) is 5.00 Å². The van der Waals surface area contributed by atoms with Gasteiger partial charge in [0.25, 0.3) is 11.8 Å². The van der Waals surface area contributed by atoms with Crippen LogP contribution < -0.4 is 5.32 Å². The maximum absolute atomic E-state index is 13.8. The number of thiophene rings is 1. The number of amides is 2. The number of carbonyl (C=O) groups is 3. The standard InChI is InChI=1S/C28H31N5O4S/c1-7-13-37-28(36)23-16(3)24(27(35)32(5)6)38-26(23)31-25(34)19-14-22(20-15-29-33(8-2)17(20)4)30-21-12-10-9-11-18(19)21/h9-12,14-15H,7-8,13H2,1-6H3,(H,31,34). The zero-order chi connectivity index (χ0) is 27.6. The third-order valence-corrected chi connectivity index (χ3v) is 7.45. The van der Waals surface area contributed by atoms with Crippen molar-refractivity contribution >= 4 is 45.0 Å². The molecule has 10 heteroatoms. The van der Waals surface area contributed by atoms with Crippen molar-refractivity contribution in [2.75, 3.05) is 26.0 Å². The Kier molecular flexibility index (Phi) is 7.91. The van der Waals surface area contributed by atoms with Crippen LogP contribution in [0, 0.1) is 13.8 Å². The molecular formula is C28H31N5O4S. The summed E-state index contributed by atoms with van der Waals surface area (Å²) in [6.45, 7) is 8.53. The summed E-state index contributed by atoms with van der Waals surface area (Å²) in [5, 5.41) is 8.27. The highest BCUT2D eigenvalue weighted by Crippen LogP contribution is 2.35. The van der Waals surface area contributed by atoms with Crippen molar-refractivity contribution in [1.29, 1.82) is 0 Å². The van der Waals surface area contributed by atoms with Gasteiger partial charge in [0, 0.05) is 37.3 Å². The lowest BCUT2D eigenvalue weighted by atomic mass is 10.0. The molecule has 0 saturated heterocycles. The molecule has 0 saturated carbocycles. The highest BCUT2D eigenvalue weighted by molar-refractivity contribution is 7.18. The molecule has 0 atom stereocenters. The molecule has 1 aromatic carbocycles. The van der Waals surface area contributed by atoms with Crippen LogP contribution in [0.15, 0.2) is 36.5 Å². The van der Waals surface area contributed by atoms with Gasteiger partial charge >= 0.3 is 5.97 Å². The summed E-state index contributed by atoms with van der Waals surface area (Å²) in [5.74, 6) is -1.24. The van der Waals surface area contributed by atoms with E-state index >= 15 is 0 Å². The maximum Gasteiger partial charge on any atom is 0.341 e. The Morgan fingerprint density at radius 1 is 1.13 bits per heavy atom. The molecule has 4 aromatic rings. The van der Waals surface area contributed by atoms with Gasteiger partial charge in [-0.05, 0) is 44.9 Å². The number of carbonyl (C=O) groups excluding carboxylic acids is 3. The smallest absolute Gasteiger partial charge is 0.341 e. The van der Waals surface area contributed by atoms with E-state index in [0.717, 1.165) is 29.1 Å². The van der Waals surface area contributed by atoms with Crippen LogP contribution in [0.25, 0.3) is 22.2 Å². The Balaban J connectivity index is 1.81. The number of para-hydroxylation sites is 1. The molecule has 0 radical (unpaired) electrons. The lowest BCUT2D eigenvalue weighted by Gasteiger charge is -2.11. The maximum atomic E-state index is 13.8. The Morgan fingerprint density at radius 3 is 2.53 bits per heavy atom. The lowest BCUT2D eigenvalue weighted by Crippen LogP contribution is -2.21. The minimum Gasteiger partial charge on any atom is -0.462 e. The first-order chi connectivity index (χ1) is 18.2. The third kappa shape index (κ3) is 5.04. The summed E-state index contributed by atoms with van der Waals surface area (Å²) >= 11 is 1.07. The highest BCUT2D eigenvalue weighted by Gasteiger charge is 2.28. The van der Waals surface area contributed by atoms with Crippen molar-refractivity contribution in [2.45, 2.75) is 40.7 Å². The molecule has 9 nitrogen and oxygen atoms in total. The fraction of sp³-hybridized carbons (Fsp3) is 0.321. The van der Waals surface area contributed by atoms with Gasteiger partial charge in [0.15, 0.2) is 0 Å². The molecule has 0 fully saturated rings. The van der Waals surface area contributed by atoms with E-state index in [0.29, 0.717) is 39.0 Å². The Hall–Kier alpha value is -4.05. The first kappa shape index (κ1) is 27.0. The van der Waals surface area contributed by atoms with Crippen LogP contribution in [-0.2, 0) is 11.3 Å². The minimum absolute atomic E-state index is 0.195. The number of benzene rings is 1. The van der Waals surface area contributed by atoms with E-state index < -0.39 is 11.9 Å². The molecule has 198 valence electrons. The van der Waals surface area contributed by atoms with Crippen LogP contribution in [-0.4, -0.2) is 58.2 Å². The molecule has 1 N–H and O–H groups in total. The average Bonchev–Trinajstić information content (AvgIpc) is 3.44. The number of ether oxygens (including phenoxy) is 1. The van der Waals surface area contributed by atoms with E-state index in [9.17, 15) is 14.4 Å². The van der Waals surface area contributed by atoms with E-state index in [1.165, 1.54) is 4.90 Å². The molecule has 0 unspecified atom stereocenters. The average molecular weight is 534 g/mol. The largest absolute Gasteiger partial charge is 0.462 e. The topological polar surface area (TPSA) is 106 Å². The molecule has 38 heavy (non-hydrogen) atoms. The third-order valence-electron chi connectivity index (χ3n) is 6.26. The number of hydrogen-bond donors (Lipinski definition) is 1. The number of esters is 1. The van der Waals surface area contributed by atoms with Gasteiger partial charge in [0.2, 0.25) is 0 Å². The fourth-order valence-electron chi connectivity index (χ4n) is 4.21. The zero-order valence-corrected chi connectivity index (χ0v) is 23.2. The summed E-state index contributed by atoms with van der Waals surface area (Å²) in [4.78, 5) is 46.2. The molecule has 3 aromatic heterocycles. The van der Waals surface area contributed by atoms with Crippen molar-refractivity contribution in [3.8, 4) is 11.3 Å². The van der Waals surface area contributed by atoms with Crippen molar-refractivity contribution in [3.05, 3.63) is 63.8 Å². The van der Waals surface area contributed by atoms with Gasteiger partial charge in [-0.15, -0.1) is 11.3 Å². The molecule has 0 aliphatic heterocycles. The van der Waals surface area contributed by atoms with Crippen LogP contribution in [0.2, 0.25) is 0 Å². The first-order valence-corrected chi connectivity index (χ1v) is 13.3. The predicted octanol–water partition coefficient (Wildman–Crippen LogP) is 5.32. The number of aryl methyl sites for hydroxylation is 1. The van der Waals surface area contributed by atoms with Crippen molar-refractivity contribution in [3.63, 3.8) is 0 Å². The number of anilines is 1. The minimum atomic E-state index is -0.573. The van der Waals surface area contributed by atoms with Crippen LogP contribution in [0.3, 0.4) is 0 Å². The van der Waals surface area contributed by atoms with Crippen molar-refractivity contribution in [2.24, 2.45) is 0 Å². The fourth-order valence-corrected chi connectivity index (χ4v) is 5.42. The monoisotopic (exact) mass is 533 g/mol. The number of nitrogens with one attached hydrogen (secondary N) is 1. The van der Waals surface area contributed by atoms with Crippen LogP contribution >= 0.6 is 11.3 Å². The van der Waals surface area contributed by atoms with Gasteiger partial charge in [0.1, 0.15) is 5.00 Å². The molecule has 2 amide bonds. The van der Waals surface area contributed by atoms with Crippen molar-refractivity contribution < 1.29 is 19.1 Å². The summed E-state index contributed by atoms with van der Waals surface area (Å²) in [7, 11) is 3.28. The number of hydrogen-bond acceptors (Lipinski definition) is 7. The SMILES string of the molecule is CCCOC(=O)c1c(NC(=O)c2cc(-c3cnn(CC)c3C)nc3ccccc23)sc(C(=O)N(C)C)c1C. The van der Waals surface area contributed by atoms with Gasteiger partial charge in [-0.1, -0.05) is 25.1 Å². The number of fused-ring (bicyclic) bond motifs is 1. The summed E-state index contributed by atoms with van der Waals surface area (Å²) < 4.78 is 7.26. The Morgan fingerprint density at radius 2 is 1.87 bits per heavy atom. The molecule has 0 aliphatic carbocycles. The van der Waals surface area contributed by atoms with Crippen molar-refractivity contribution in [1.82, 2.24) is 19.7 Å². The molecule has 0 spiro atoms. The van der Waals surface area contributed by atoms with E-state index in [-0.39, 0.29) is 23.1 Å². The number of aromatic nitrogens is 3. The predicted molar refractivity (Wildman–Crippen MR) is 149 cm³/mol. The first-order valence-electron chi connectivity index (χ1n) is 12.4. The van der Waals surface area contributed by atoms with E-state index in [4.69, 9.17) is 9.72 Å². The van der Waals surface area contributed by atoms with Crippen LogP contribution in [0.5, 0.6) is 0 Å². The van der Waals surface area contributed by atoms with Gasteiger partial charge in [-0.25, -0.2) is 9.78 Å². The van der Waals surface area contributed by atoms with Gasteiger partial charge < -0.3 is 15.0 Å². The quantitative estimate of drug-likeness (QED) is 0.307. The molecule has 0 bridgehead atoms.